The molecule has 1 aliphatic rings. The molecule has 146 valence electrons. The van der Waals surface area contributed by atoms with Gasteiger partial charge in [0.15, 0.2) is 11.2 Å². The lowest BCUT2D eigenvalue weighted by Gasteiger charge is -2.30. The summed E-state index contributed by atoms with van der Waals surface area (Å²) in [6.45, 7) is 7.84. The fourth-order valence-electron chi connectivity index (χ4n) is 3.97. The fourth-order valence-corrected chi connectivity index (χ4v) is 3.97. The van der Waals surface area contributed by atoms with E-state index in [4.69, 9.17) is 4.98 Å². The van der Waals surface area contributed by atoms with E-state index in [2.05, 4.69) is 36.9 Å². The summed E-state index contributed by atoms with van der Waals surface area (Å²) in [6, 6.07) is 6.34. The monoisotopic (exact) mass is 379 g/mol. The molecule has 7 nitrogen and oxygen atoms in total. The lowest BCUT2D eigenvalue weighted by Crippen LogP contribution is -2.39. The summed E-state index contributed by atoms with van der Waals surface area (Å²) in [5.41, 5.74) is 3.78. The number of hydrogen-bond donors (Lipinski definition) is 0. The summed E-state index contributed by atoms with van der Waals surface area (Å²) in [7, 11) is 1.68. The Balaban J connectivity index is 1.98. The maximum Gasteiger partial charge on any atom is 0.332 e. The molecule has 0 atom stereocenters. The molecule has 4 rings (SSSR count). The van der Waals surface area contributed by atoms with E-state index in [1.165, 1.54) is 20.3 Å². The molecule has 0 spiro atoms. The number of allylic oxidation sites excluding steroid dienone is 2. The summed E-state index contributed by atoms with van der Waals surface area (Å²) in [4.78, 5) is 32.7. The number of fused-ring (bicyclic) bond motifs is 3. The van der Waals surface area contributed by atoms with E-state index in [1.54, 1.807) is 7.05 Å². The molecule has 0 fully saturated rings. The minimum atomic E-state index is -0.343. The summed E-state index contributed by atoms with van der Waals surface area (Å²) in [5, 5.41) is 0. The van der Waals surface area contributed by atoms with Crippen LogP contribution in [0.15, 0.2) is 39.9 Å². The van der Waals surface area contributed by atoms with Gasteiger partial charge in [-0.25, -0.2) is 4.79 Å². The van der Waals surface area contributed by atoms with Crippen molar-refractivity contribution in [3.05, 3.63) is 62.3 Å². The summed E-state index contributed by atoms with van der Waals surface area (Å²) in [6.07, 6.45) is 4.55. The van der Waals surface area contributed by atoms with E-state index in [0.29, 0.717) is 17.7 Å². The molecule has 0 amide bonds. The highest BCUT2D eigenvalue weighted by atomic mass is 16.2. The van der Waals surface area contributed by atoms with E-state index in [-0.39, 0.29) is 17.8 Å². The van der Waals surface area contributed by atoms with Gasteiger partial charge in [0, 0.05) is 32.4 Å². The summed E-state index contributed by atoms with van der Waals surface area (Å²) in [5.74, 6) is 0.726. The molecular weight excluding hydrogens is 354 g/mol. The molecule has 7 heteroatoms. The van der Waals surface area contributed by atoms with Crippen LogP contribution < -0.4 is 16.1 Å². The van der Waals surface area contributed by atoms with Crippen LogP contribution >= 0.6 is 0 Å². The molecule has 0 N–H and O–H groups in total. The van der Waals surface area contributed by atoms with Gasteiger partial charge in [-0.1, -0.05) is 29.8 Å². The van der Waals surface area contributed by atoms with Crippen molar-refractivity contribution in [1.29, 1.82) is 0 Å². The highest BCUT2D eigenvalue weighted by Gasteiger charge is 2.27. The predicted molar refractivity (Wildman–Crippen MR) is 112 cm³/mol. The van der Waals surface area contributed by atoms with Crippen LogP contribution in [-0.4, -0.2) is 25.2 Å². The third kappa shape index (κ3) is 2.69. The molecule has 0 saturated carbocycles. The number of benzene rings is 1. The SMILES string of the molecule is C/C=C/Cn1c(=O)c2c(nc3n2CCCN3c2ccc(C)cc2C)n(C)c1=O. The Kier molecular flexibility index (Phi) is 4.45. The molecule has 1 aliphatic heterocycles. The third-order valence-electron chi connectivity index (χ3n) is 5.38. The maximum absolute atomic E-state index is 13.1. The number of nitrogens with zero attached hydrogens (tertiary/aromatic N) is 5. The molecule has 28 heavy (non-hydrogen) atoms. The minimum Gasteiger partial charge on any atom is -0.312 e. The first-order chi connectivity index (χ1) is 13.4. The van der Waals surface area contributed by atoms with Crippen LogP contribution in [0.4, 0.5) is 11.6 Å². The Labute approximate surface area is 163 Å². The average Bonchev–Trinajstić information content (AvgIpc) is 3.06. The van der Waals surface area contributed by atoms with Gasteiger partial charge in [-0.2, -0.15) is 4.98 Å². The van der Waals surface area contributed by atoms with E-state index in [9.17, 15) is 9.59 Å². The first-order valence-electron chi connectivity index (χ1n) is 9.60. The van der Waals surface area contributed by atoms with Crippen molar-refractivity contribution in [2.45, 2.75) is 40.3 Å². The van der Waals surface area contributed by atoms with Crippen molar-refractivity contribution in [2.75, 3.05) is 11.4 Å². The highest BCUT2D eigenvalue weighted by Crippen LogP contribution is 2.33. The zero-order valence-corrected chi connectivity index (χ0v) is 16.8. The van der Waals surface area contributed by atoms with Gasteiger partial charge < -0.3 is 9.47 Å². The van der Waals surface area contributed by atoms with E-state index in [1.807, 2.05) is 23.6 Å². The normalized spacial score (nSPS) is 14.2. The smallest absolute Gasteiger partial charge is 0.312 e. The third-order valence-corrected chi connectivity index (χ3v) is 5.38. The highest BCUT2D eigenvalue weighted by molar-refractivity contribution is 5.77. The topological polar surface area (TPSA) is 65.1 Å². The Hall–Kier alpha value is -3.09. The largest absolute Gasteiger partial charge is 0.332 e. The van der Waals surface area contributed by atoms with Crippen LogP contribution in [0.2, 0.25) is 0 Å². The number of anilines is 2. The lowest BCUT2D eigenvalue weighted by atomic mass is 10.1. The second-order valence-corrected chi connectivity index (χ2v) is 7.36. The zero-order chi connectivity index (χ0) is 20.0. The van der Waals surface area contributed by atoms with Gasteiger partial charge in [-0.15, -0.1) is 0 Å². The zero-order valence-electron chi connectivity index (χ0n) is 16.8. The van der Waals surface area contributed by atoms with Gasteiger partial charge >= 0.3 is 5.69 Å². The number of imidazole rings is 1. The second kappa shape index (κ2) is 6.82. The standard InChI is InChI=1S/C21H25N5O2/c1-5-6-10-26-19(27)17-18(23(4)21(26)28)22-20-24(11-7-12-25(17)20)16-9-8-14(2)13-15(16)3/h5-6,8-9,13H,7,10-12H2,1-4H3/b6-5+. The van der Waals surface area contributed by atoms with Crippen molar-refractivity contribution < 1.29 is 0 Å². The van der Waals surface area contributed by atoms with Crippen LogP contribution in [0, 0.1) is 13.8 Å². The molecule has 3 aromatic rings. The van der Waals surface area contributed by atoms with Crippen molar-refractivity contribution in [2.24, 2.45) is 7.05 Å². The Bertz CT molecular complexity index is 1210. The van der Waals surface area contributed by atoms with Gasteiger partial charge in [-0.3, -0.25) is 13.9 Å². The Morgan fingerprint density at radius 2 is 1.96 bits per heavy atom. The summed E-state index contributed by atoms with van der Waals surface area (Å²) < 4.78 is 4.71. The average molecular weight is 379 g/mol. The van der Waals surface area contributed by atoms with Gasteiger partial charge in [0.05, 0.1) is 0 Å². The minimum absolute atomic E-state index is 0.263. The first-order valence-corrected chi connectivity index (χ1v) is 9.60. The van der Waals surface area contributed by atoms with E-state index >= 15 is 0 Å². The Morgan fingerprint density at radius 1 is 1.18 bits per heavy atom. The van der Waals surface area contributed by atoms with Gasteiger partial charge in [0.2, 0.25) is 5.95 Å². The number of hydrogen-bond acceptors (Lipinski definition) is 4. The van der Waals surface area contributed by atoms with Gasteiger partial charge in [-0.05, 0) is 38.8 Å². The van der Waals surface area contributed by atoms with Gasteiger partial charge in [0.1, 0.15) is 0 Å². The van der Waals surface area contributed by atoms with Crippen LogP contribution in [0.5, 0.6) is 0 Å². The van der Waals surface area contributed by atoms with Crippen molar-refractivity contribution in [3.8, 4) is 0 Å². The van der Waals surface area contributed by atoms with Crippen molar-refractivity contribution >= 4 is 22.8 Å². The predicted octanol–water partition coefficient (Wildman–Crippen LogP) is 2.63. The van der Waals surface area contributed by atoms with E-state index in [0.717, 1.165) is 24.6 Å². The Morgan fingerprint density at radius 3 is 2.68 bits per heavy atom. The van der Waals surface area contributed by atoms with Crippen molar-refractivity contribution in [1.82, 2.24) is 18.7 Å². The summed E-state index contributed by atoms with van der Waals surface area (Å²) >= 11 is 0. The molecule has 0 aliphatic carbocycles. The molecule has 1 aromatic carbocycles. The van der Waals surface area contributed by atoms with Crippen LogP contribution in [-0.2, 0) is 20.1 Å². The number of aryl methyl sites for hydroxylation is 4. The van der Waals surface area contributed by atoms with Crippen LogP contribution in [0.25, 0.3) is 11.2 Å². The molecule has 0 bridgehead atoms. The van der Waals surface area contributed by atoms with E-state index < -0.39 is 0 Å². The van der Waals surface area contributed by atoms with Crippen LogP contribution in [0.3, 0.4) is 0 Å². The number of aromatic nitrogens is 4. The van der Waals surface area contributed by atoms with Crippen LogP contribution in [0.1, 0.15) is 24.5 Å². The van der Waals surface area contributed by atoms with Gasteiger partial charge in [0.25, 0.3) is 5.56 Å². The second-order valence-electron chi connectivity index (χ2n) is 7.36. The lowest BCUT2D eigenvalue weighted by molar-refractivity contribution is 0.597. The maximum atomic E-state index is 13.1. The van der Waals surface area contributed by atoms with Crippen molar-refractivity contribution in [3.63, 3.8) is 0 Å². The molecule has 3 heterocycles. The molecule has 0 unspecified atom stereocenters. The molecular formula is C21H25N5O2. The molecule has 0 radical (unpaired) electrons. The quantitative estimate of drug-likeness (QED) is 0.656. The first kappa shape index (κ1) is 18.3. The molecule has 2 aromatic heterocycles. The number of rotatable bonds is 3. The molecule has 0 saturated heterocycles. The fraction of sp³-hybridized carbons (Fsp3) is 0.381.